The van der Waals surface area contributed by atoms with Crippen molar-refractivity contribution in [3.63, 3.8) is 0 Å². The van der Waals surface area contributed by atoms with Gasteiger partial charge < -0.3 is 9.64 Å². The first-order valence-electron chi connectivity index (χ1n) is 8.49. The summed E-state index contributed by atoms with van der Waals surface area (Å²) in [6.45, 7) is 5.91. The molecule has 7 heteroatoms. The number of rotatable bonds is 4. The van der Waals surface area contributed by atoms with Crippen molar-refractivity contribution in [2.75, 3.05) is 38.2 Å². The maximum atomic E-state index is 12.9. The fraction of sp³-hybridized carbons (Fsp3) is 0.368. The SMILES string of the molecule is COc1cc(Cl)c(C)cc1N1CCN(S(=O)(=O)c2cccc(C)c2)CC1. The number of anilines is 1. The zero-order valence-corrected chi connectivity index (χ0v) is 16.8. The molecular formula is C19H23ClN2O3S. The molecule has 0 N–H and O–H groups in total. The first kappa shape index (κ1) is 19.0. The van der Waals surface area contributed by atoms with Crippen LogP contribution >= 0.6 is 11.6 Å². The number of benzene rings is 2. The van der Waals surface area contributed by atoms with Crippen LogP contribution in [0.1, 0.15) is 11.1 Å². The van der Waals surface area contributed by atoms with Crippen LogP contribution in [0.5, 0.6) is 5.75 Å². The van der Waals surface area contributed by atoms with Gasteiger partial charge in [0.25, 0.3) is 0 Å². The second-order valence-electron chi connectivity index (χ2n) is 6.48. The van der Waals surface area contributed by atoms with Crippen molar-refractivity contribution in [3.05, 3.63) is 52.5 Å². The van der Waals surface area contributed by atoms with Crippen LogP contribution in [0, 0.1) is 13.8 Å². The predicted octanol–water partition coefficient (Wildman–Crippen LogP) is 3.48. The number of hydrogen-bond acceptors (Lipinski definition) is 4. The summed E-state index contributed by atoms with van der Waals surface area (Å²) in [5, 5.41) is 0.659. The first-order chi connectivity index (χ1) is 12.3. The van der Waals surface area contributed by atoms with E-state index in [0.717, 1.165) is 16.8 Å². The molecule has 0 aromatic heterocycles. The molecule has 26 heavy (non-hydrogen) atoms. The number of ether oxygens (including phenoxy) is 1. The molecule has 1 aliphatic heterocycles. The molecule has 3 rings (SSSR count). The van der Waals surface area contributed by atoms with Crippen molar-refractivity contribution < 1.29 is 13.2 Å². The van der Waals surface area contributed by atoms with Crippen LogP contribution in [0.15, 0.2) is 41.3 Å². The van der Waals surface area contributed by atoms with E-state index in [2.05, 4.69) is 4.90 Å². The summed E-state index contributed by atoms with van der Waals surface area (Å²) in [5.41, 5.74) is 2.85. The molecule has 0 saturated carbocycles. The molecule has 140 valence electrons. The van der Waals surface area contributed by atoms with Gasteiger partial charge in [0.05, 0.1) is 17.7 Å². The summed E-state index contributed by atoms with van der Waals surface area (Å²) >= 11 is 6.18. The van der Waals surface area contributed by atoms with Crippen LogP contribution in [-0.4, -0.2) is 46.0 Å². The Morgan fingerprint density at radius 3 is 2.35 bits per heavy atom. The summed E-state index contributed by atoms with van der Waals surface area (Å²) in [7, 11) is -1.85. The Kier molecular flexibility index (Phi) is 5.46. The maximum absolute atomic E-state index is 12.9. The van der Waals surface area contributed by atoms with Crippen molar-refractivity contribution in [1.82, 2.24) is 4.31 Å². The number of hydrogen-bond donors (Lipinski definition) is 0. The number of halogens is 1. The van der Waals surface area contributed by atoms with Gasteiger partial charge in [-0.15, -0.1) is 0 Å². The molecule has 0 bridgehead atoms. The second-order valence-corrected chi connectivity index (χ2v) is 8.83. The van der Waals surface area contributed by atoms with Gasteiger partial charge in [0, 0.05) is 37.3 Å². The fourth-order valence-corrected chi connectivity index (χ4v) is 4.83. The third kappa shape index (κ3) is 3.68. The Hall–Kier alpha value is -1.76. The van der Waals surface area contributed by atoms with E-state index in [9.17, 15) is 8.42 Å². The molecule has 0 unspecified atom stereocenters. The lowest BCUT2D eigenvalue weighted by molar-refractivity contribution is 0.378. The van der Waals surface area contributed by atoms with Gasteiger partial charge in [0.2, 0.25) is 10.0 Å². The summed E-state index contributed by atoms with van der Waals surface area (Å²) in [5.74, 6) is 0.704. The number of aryl methyl sites for hydroxylation is 2. The van der Waals surface area contributed by atoms with Gasteiger partial charge in [-0.25, -0.2) is 8.42 Å². The van der Waals surface area contributed by atoms with Crippen molar-refractivity contribution in [3.8, 4) is 5.75 Å². The number of nitrogens with zero attached hydrogens (tertiary/aromatic N) is 2. The molecule has 2 aromatic carbocycles. The second kappa shape index (κ2) is 7.47. The van der Waals surface area contributed by atoms with Gasteiger partial charge in [0.15, 0.2) is 0 Å². The Bertz CT molecular complexity index is 907. The van der Waals surface area contributed by atoms with E-state index in [1.165, 1.54) is 0 Å². The lowest BCUT2D eigenvalue weighted by atomic mass is 10.1. The van der Waals surface area contributed by atoms with Crippen LogP contribution in [0.4, 0.5) is 5.69 Å². The van der Waals surface area contributed by atoms with Crippen molar-refractivity contribution >= 4 is 27.3 Å². The van der Waals surface area contributed by atoms with Crippen LogP contribution in [0.3, 0.4) is 0 Å². The highest BCUT2D eigenvalue weighted by molar-refractivity contribution is 7.89. The lowest BCUT2D eigenvalue weighted by Gasteiger charge is -2.36. The Morgan fingerprint density at radius 2 is 1.73 bits per heavy atom. The van der Waals surface area contributed by atoms with E-state index in [0.29, 0.717) is 41.8 Å². The average molecular weight is 395 g/mol. The third-order valence-electron chi connectivity index (χ3n) is 4.67. The zero-order valence-electron chi connectivity index (χ0n) is 15.2. The van der Waals surface area contributed by atoms with E-state index >= 15 is 0 Å². The fourth-order valence-electron chi connectivity index (χ4n) is 3.15. The average Bonchev–Trinajstić information content (AvgIpc) is 2.63. The van der Waals surface area contributed by atoms with E-state index < -0.39 is 10.0 Å². The molecular weight excluding hydrogens is 372 g/mol. The minimum atomic E-state index is -3.47. The Labute approximate surface area is 160 Å². The van der Waals surface area contributed by atoms with E-state index in [1.807, 2.05) is 32.0 Å². The number of piperazine rings is 1. The topological polar surface area (TPSA) is 49.9 Å². The summed E-state index contributed by atoms with van der Waals surface area (Å²) in [4.78, 5) is 2.50. The van der Waals surface area contributed by atoms with Gasteiger partial charge in [-0.05, 0) is 43.2 Å². The summed E-state index contributed by atoms with van der Waals surface area (Å²) in [6, 6.07) is 10.8. The monoisotopic (exact) mass is 394 g/mol. The molecule has 2 aromatic rings. The highest BCUT2D eigenvalue weighted by Gasteiger charge is 2.29. The maximum Gasteiger partial charge on any atom is 0.243 e. The van der Waals surface area contributed by atoms with Crippen molar-refractivity contribution in [2.45, 2.75) is 18.7 Å². The molecule has 0 radical (unpaired) electrons. The number of sulfonamides is 1. The predicted molar refractivity (Wildman–Crippen MR) is 105 cm³/mol. The highest BCUT2D eigenvalue weighted by atomic mass is 35.5. The molecule has 1 heterocycles. The number of methoxy groups -OCH3 is 1. The van der Waals surface area contributed by atoms with E-state index in [-0.39, 0.29) is 0 Å². The van der Waals surface area contributed by atoms with Crippen LogP contribution < -0.4 is 9.64 Å². The molecule has 1 aliphatic rings. The van der Waals surface area contributed by atoms with Crippen molar-refractivity contribution in [2.24, 2.45) is 0 Å². The zero-order chi connectivity index (χ0) is 18.9. The van der Waals surface area contributed by atoms with Crippen LogP contribution in [0.2, 0.25) is 5.02 Å². The molecule has 0 spiro atoms. The van der Waals surface area contributed by atoms with E-state index in [4.69, 9.17) is 16.3 Å². The van der Waals surface area contributed by atoms with Gasteiger partial charge in [-0.1, -0.05) is 23.7 Å². The summed E-state index contributed by atoms with van der Waals surface area (Å²) in [6.07, 6.45) is 0. The minimum Gasteiger partial charge on any atom is -0.495 e. The largest absolute Gasteiger partial charge is 0.495 e. The normalized spacial score (nSPS) is 15.9. The third-order valence-corrected chi connectivity index (χ3v) is 6.97. The van der Waals surface area contributed by atoms with Crippen molar-refractivity contribution in [1.29, 1.82) is 0 Å². The van der Waals surface area contributed by atoms with Gasteiger partial charge in [-0.2, -0.15) is 4.31 Å². The van der Waals surface area contributed by atoms with E-state index in [1.54, 1.807) is 29.6 Å². The standard InChI is InChI=1S/C19H23ClN2O3S/c1-14-5-4-6-16(11-14)26(23,24)22-9-7-21(8-10-22)18-12-15(2)17(20)13-19(18)25-3/h4-6,11-13H,7-10H2,1-3H3. The smallest absolute Gasteiger partial charge is 0.243 e. The summed E-state index contributed by atoms with van der Waals surface area (Å²) < 4.78 is 32.7. The quantitative estimate of drug-likeness (QED) is 0.796. The molecule has 1 saturated heterocycles. The van der Waals surface area contributed by atoms with Gasteiger partial charge in [-0.3, -0.25) is 0 Å². The highest BCUT2D eigenvalue weighted by Crippen LogP contribution is 2.34. The van der Waals surface area contributed by atoms with Crippen LogP contribution in [-0.2, 0) is 10.0 Å². The van der Waals surface area contributed by atoms with Gasteiger partial charge in [0.1, 0.15) is 5.75 Å². The van der Waals surface area contributed by atoms with Gasteiger partial charge >= 0.3 is 0 Å². The molecule has 0 atom stereocenters. The Morgan fingerprint density at radius 1 is 1.04 bits per heavy atom. The molecule has 0 aliphatic carbocycles. The first-order valence-corrected chi connectivity index (χ1v) is 10.3. The molecule has 5 nitrogen and oxygen atoms in total. The molecule has 1 fully saturated rings. The lowest BCUT2D eigenvalue weighted by Crippen LogP contribution is -2.48. The Balaban J connectivity index is 1.79. The minimum absolute atomic E-state index is 0.353. The molecule has 0 amide bonds. The van der Waals surface area contributed by atoms with Crippen LogP contribution in [0.25, 0.3) is 0 Å².